The van der Waals surface area contributed by atoms with Crippen molar-refractivity contribution in [2.45, 2.75) is 96.1 Å². The number of rotatable bonds is 10. The fourth-order valence-corrected chi connectivity index (χ4v) is 9.36. The lowest BCUT2D eigenvalue weighted by atomic mass is 9.97. The van der Waals surface area contributed by atoms with Gasteiger partial charge in [-0.1, -0.05) is 39.8 Å². The maximum Gasteiger partial charge on any atom is 0.407 e. The van der Waals surface area contributed by atoms with Crippen molar-refractivity contribution in [2.75, 3.05) is 14.2 Å². The number of ether oxygens (including phenoxy) is 2. The van der Waals surface area contributed by atoms with E-state index >= 15 is 0 Å². The molecule has 5 heterocycles. The zero-order valence-corrected chi connectivity index (χ0v) is 33.6. The van der Waals surface area contributed by atoms with Crippen molar-refractivity contribution in [3.8, 4) is 22.5 Å². The van der Waals surface area contributed by atoms with Gasteiger partial charge in [0.2, 0.25) is 11.8 Å². The number of methoxy groups -OCH3 is 2. The van der Waals surface area contributed by atoms with Crippen molar-refractivity contribution >= 4 is 46.4 Å². The summed E-state index contributed by atoms with van der Waals surface area (Å²) in [6.45, 7) is 7.68. The van der Waals surface area contributed by atoms with Gasteiger partial charge in [0.25, 0.3) is 0 Å². The number of hydrogen-bond donors (Lipinski definition) is 3. The third-order valence-corrected chi connectivity index (χ3v) is 12.7. The standard InChI is InChI=1S/C43H49N9O6/c1-20(2)37(49-42(55)57-5)40(53)51-33-14-25(33)16-35(51)30-13-24-11-22(7-9-27(24)46-30)23-8-10-28-29(12-23)44-18-31(47-28)32-19-45-39(48-32)36-17-26-15-34(26)52(36)41(54)38(21(3)4)50-43(56)58-6/h7-12,18-21,25-26,33-38H,13-17H2,1-6H3,(H,45,48)(H,49,55)(H,50,56)/t25-,26-,33-,34-,35+,36+,37+,38+/m1/s1. The fourth-order valence-electron chi connectivity index (χ4n) is 9.36. The van der Waals surface area contributed by atoms with E-state index in [-0.39, 0.29) is 47.8 Å². The Labute approximate surface area is 336 Å². The number of carbonyl (C=O) groups excluding carboxylic acids is 4. The molecular weight excluding hydrogens is 739 g/mol. The van der Waals surface area contributed by atoms with Gasteiger partial charge in [-0.25, -0.2) is 19.6 Å². The minimum absolute atomic E-state index is 0.0713. The second kappa shape index (κ2) is 14.5. The van der Waals surface area contributed by atoms with Gasteiger partial charge in [-0.15, -0.1) is 0 Å². The molecule has 8 atom stereocenters. The Kier molecular flexibility index (Phi) is 9.43. The number of aromatic nitrogens is 4. The number of alkyl carbamates (subject to hydrolysis) is 2. The number of fused-ring (bicyclic) bond motifs is 4. The number of nitrogens with one attached hydrogen (secondary N) is 3. The lowest BCUT2D eigenvalue weighted by molar-refractivity contribution is -0.137. The molecule has 0 bridgehead atoms. The lowest BCUT2D eigenvalue weighted by Crippen LogP contribution is -2.55. The van der Waals surface area contributed by atoms with Crippen LogP contribution in [0.2, 0.25) is 0 Å². The number of likely N-dealkylation sites (tertiary alicyclic amines) is 2. The van der Waals surface area contributed by atoms with Crippen LogP contribution in [0.4, 0.5) is 15.3 Å². The summed E-state index contributed by atoms with van der Waals surface area (Å²) in [6.07, 6.45) is 6.55. The van der Waals surface area contributed by atoms with Crippen LogP contribution in [0, 0.1) is 23.7 Å². The summed E-state index contributed by atoms with van der Waals surface area (Å²) in [5.41, 5.74) is 7.93. The number of amides is 4. The molecule has 4 fully saturated rings. The van der Waals surface area contributed by atoms with E-state index in [1.165, 1.54) is 14.2 Å². The second-order valence-corrected chi connectivity index (χ2v) is 17.1. The molecule has 0 spiro atoms. The average molecular weight is 788 g/mol. The van der Waals surface area contributed by atoms with Crippen LogP contribution in [0.3, 0.4) is 0 Å². The van der Waals surface area contributed by atoms with E-state index in [1.54, 1.807) is 12.4 Å². The van der Waals surface area contributed by atoms with Gasteiger partial charge in [-0.3, -0.25) is 19.6 Å². The number of imidazole rings is 1. The van der Waals surface area contributed by atoms with Crippen LogP contribution >= 0.6 is 0 Å². The summed E-state index contributed by atoms with van der Waals surface area (Å²) in [4.78, 5) is 78.6. The van der Waals surface area contributed by atoms with Crippen LogP contribution in [-0.2, 0) is 25.5 Å². The van der Waals surface area contributed by atoms with E-state index in [0.717, 1.165) is 64.8 Å². The van der Waals surface area contributed by atoms with Crippen molar-refractivity contribution in [3.05, 3.63) is 60.2 Å². The summed E-state index contributed by atoms with van der Waals surface area (Å²) < 4.78 is 9.61. The van der Waals surface area contributed by atoms with Gasteiger partial charge >= 0.3 is 12.2 Å². The van der Waals surface area contributed by atoms with Crippen LogP contribution < -0.4 is 10.6 Å². The van der Waals surface area contributed by atoms with Gasteiger partial charge in [-0.05, 0) is 90.3 Å². The average Bonchev–Trinajstić information content (AvgIpc) is 3.84. The number of hydrogen-bond acceptors (Lipinski definition) is 10. The summed E-state index contributed by atoms with van der Waals surface area (Å²) in [6, 6.07) is 11.0. The van der Waals surface area contributed by atoms with E-state index in [4.69, 9.17) is 29.4 Å². The number of aromatic amines is 1. The van der Waals surface area contributed by atoms with Gasteiger partial charge in [-0.2, -0.15) is 0 Å². The van der Waals surface area contributed by atoms with Crippen LogP contribution in [0.25, 0.3) is 33.5 Å². The number of carbonyl (C=O) groups is 4. The predicted molar refractivity (Wildman–Crippen MR) is 215 cm³/mol. The highest BCUT2D eigenvalue weighted by molar-refractivity contribution is 6.02. The van der Waals surface area contributed by atoms with Gasteiger partial charge in [0.15, 0.2) is 0 Å². The summed E-state index contributed by atoms with van der Waals surface area (Å²) >= 11 is 0. The van der Waals surface area contributed by atoms with Crippen LogP contribution in [-0.4, -0.2) is 104 Å². The Hall–Kier alpha value is -5.86. The summed E-state index contributed by atoms with van der Waals surface area (Å²) in [7, 11) is 2.60. The topological polar surface area (TPSA) is 184 Å². The fraction of sp³-hybridized carbons (Fsp3) is 0.488. The summed E-state index contributed by atoms with van der Waals surface area (Å²) in [5.74, 6) is 1.18. The molecule has 5 aliphatic rings. The minimum atomic E-state index is -0.699. The van der Waals surface area contributed by atoms with Crippen LogP contribution in [0.1, 0.15) is 70.8 Å². The first kappa shape index (κ1) is 37.7. The Morgan fingerprint density at radius 2 is 1.34 bits per heavy atom. The molecule has 15 heteroatoms. The van der Waals surface area contributed by atoms with Gasteiger partial charge < -0.3 is 34.9 Å². The molecule has 9 rings (SSSR count). The molecule has 4 amide bonds. The maximum absolute atomic E-state index is 13.9. The molecule has 0 radical (unpaired) electrons. The van der Waals surface area contributed by atoms with Crippen molar-refractivity contribution < 1.29 is 28.7 Å². The molecule has 2 aromatic carbocycles. The second-order valence-electron chi connectivity index (χ2n) is 17.1. The first-order valence-corrected chi connectivity index (χ1v) is 20.3. The van der Waals surface area contributed by atoms with Gasteiger partial charge in [0.1, 0.15) is 23.6 Å². The Balaban J connectivity index is 0.894. The van der Waals surface area contributed by atoms with Crippen molar-refractivity contribution in [2.24, 2.45) is 28.7 Å². The highest BCUT2D eigenvalue weighted by Crippen LogP contribution is 2.53. The highest BCUT2D eigenvalue weighted by Gasteiger charge is 2.57. The SMILES string of the molecule is COC(=O)N[C@H](C(=O)N1[C@@H]2C[C@@H]2C[C@H]1C1=Nc2ccc(-c3ccc4nc(-c5cnc([C@@H]6C[C@H]7C[C@H]7N6C(=O)[C@@H](NC(=O)OC)C(C)C)[nH]5)cnc4c3)cc2C1)C(C)C. The zero-order valence-electron chi connectivity index (χ0n) is 33.6. The molecule has 4 aromatic rings. The number of benzene rings is 2. The predicted octanol–water partition coefficient (Wildman–Crippen LogP) is 5.73. The van der Waals surface area contributed by atoms with Gasteiger partial charge in [0.05, 0.1) is 61.1 Å². The monoisotopic (exact) mass is 787 g/mol. The number of nitrogens with zero attached hydrogens (tertiary/aromatic N) is 6. The molecule has 2 saturated carbocycles. The molecule has 58 heavy (non-hydrogen) atoms. The molecule has 2 aromatic heterocycles. The third-order valence-electron chi connectivity index (χ3n) is 12.7. The van der Waals surface area contributed by atoms with E-state index in [1.807, 2.05) is 61.8 Å². The van der Waals surface area contributed by atoms with Crippen LogP contribution in [0.5, 0.6) is 0 Å². The Morgan fingerprint density at radius 1 is 0.741 bits per heavy atom. The van der Waals surface area contributed by atoms with Crippen molar-refractivity contribution in [1.82, 2.24) is 40.4 Å². The molecule has 302 valence electrons. The van der Waals surface area contributed by atoms with E-state index in [0.29, 0.717) is 35.5 Å². The zero-order chi connectivity index (χ0) is 40.6. The van der Waals surface area contributed by atoms with Crippen molar-refractivity contribution in [1.29, 1.82) is 0 Å². The largest absolute Gasteiger partial charge is 0.453 e. The van der Waals surface area contributed by atoms with E-state index in [9.17, 15) is 19.2 Å². The number of H-pyrrole nitrogens is 1. The molecule has 15 nitrogen and oxygen atoms in total. The van der Waals surface area contributed by atoms with Crippen molar-refractivity contribution in [3.63, 3.8) is 0 Å². The summed E-state index contributed by atoms with van der Waals surface area (Å²) in [5, 5.41) is 5.49. The minimum Gasteiger partial charge on any atom is -0.453 e. The maximum atomic E-state index is 13.9. The first-order chi connectivity index (χ1) is 27.9. The third kappa shape index (κ3) is 6.73. The lowest BCUT2D eigenvalue weighted by Gasteiger charge is -2.32. The Bertz CT molecular complexity index is 2360. The molecule has 0 unspecified atom stereocenters. The van der Waals surface area contributed by atoms with Gasteiger partial charge in [0, 0.05) is 24.2 Å². The molecule has 3 N–H and O–H groups in total. The number of aliphatic imine (C=N–C) groups is 1. The molecule has 3 aliphatic heterocycles. The number of piperidine rings is 2. The molecular formula is C43H49N9O6. The normalized spacial score (nSPS) is 24.9. The molecule has 2 aliphatic carbocycles. The quantitative estimate of drug-likeness (QED) is 0.181. The highest BCUT2D eigenvalue weighted by atomic mass is 16.5. The Morgan fingerprint density at radius 3 is 1.98 bits per heavy atom. The smallest absolute Gasteiger partial charge is 0.407 e. The van der Waals surface area contributed by atoms with Crippen LogP contribution in [0.15, 0.2) is 53.8 Å². The molecule has 2 saturated heterocycles. The first-order valence-electron chi connectivity index (χ1n) is 20.3. The van der Waals surface area contributed by atoms with E-state index < -0.39 is 24.3 Å². The van der Waals surface area contributed by atoms with E-state index in [2.05, 4.69) is 27.8 Å².